The Bertz CT molecular complexity index is 480. The molecule has 0 saturated carbocycles. The van der Waals surface area contributed by atoms with E-state index in [0.29, 0.717) is 12.1 Å². The number of hydrogen-bond acceptors (Lipinski definition) is 1. The number of alkyl halides is 5. The zero-order chi connectivity index (χ0) is 14.3. The molecular formula is C12H10F5NO. The molecule has 1 aliphatic heterocycles. The van der Waals surface area contributed by atoms with Crippen LogP contribution in [0.5, 0.6) is 0 Å². The first-order valence-corrected chi connectivity index (χ1v) is 5.53. The lowest BCUT2D eigenvalue weighted by atomic mass is 9.96. The van der Waals surface area contributed by atoms with Gasteiger partial charge in [-0.1, -0.05) is 24.3 Å². The van der Waals surface area contributed by atoms with Gasteiger partial charge in [-0.15, -0.1) is 0 Å². The molecule has 1 unspecified atom stereocenters. The van der Waals surface area contributed by atoms with E-state index in [1.165, 1.54) is 12.1 Å². The number of amides is 1. The maximum Gasteiger partial charge on any atom is 0.458 e. The van der Waals surface area contributed by atoms with Gasteiger partial charge in [0, 0.05) is 24.4 Å². The van der Waals surface area contributed by atoms with Crippen molar-refractivity contribution in [2.75, 3.05) is 6.54 Å². The van der Waals surface area contributed by atoms with E-state index >= 15 is 0 Å². The third-order valence-corrected chi connectivity index (χ3v) is 3.08. The quantitative estimate of drug-likeness (QED) is 0.829. The smallest absolute Gasteiger partial charge is 0.355 e. The molecule has 1 atom stereocenters. The minimum atomic E-state index is -5.61. The SMILES string of the molecule is O=C1CC(c2ccc(C(F)(F)C(F)(F)F)cc2)CN1. The fourth-order valence-corrected chi connectivity index (χ4v) is 1.97. The highest BCUT2D eigenvalue weighted by Gasteiger charge is 2.58. The van der Waals surface area contributed by atoms with Gasteiger partial charge in [0.05, 0.1) is 0 Å². The summed E-state index contributed by atoms with van der Waals surface area (Å²) >= 11 is 0. The molecule has 1 saturated heterocycles. The molecular weight excluding hydrogens is 269 g/mol. The van der Waals surface area contributed by atoms with Crippen LogP contribution in [-0.2, 0) is 10.7 Å². The summed E-state index contributed by atoms with van der Waals surface area (Å²) in [5.41, 5.74) is -0.527. The molecule has 1 fully saturated rings. The first-order valence-electron chi connectivity index (χ1n) is 5.53. The van der Waals surface area contributed by atoms with Gasteiger partial charge in [0.2, 0.25) is 5.91 Å². The number of halogens is 5. The van der Waals surface area contributed by atoms with Crippen LogP contribution in [0.15, 0.2) is 24.3 Å². The molecule has 0 spiro atoms. The topological polar surface area (TPSA) is 29.1 Å². The Morgan fingerprint density at radius 3 is 2.05 bits per heavy atom. The summed E-state index contributed by atoms with van der Waals surface area (Å²) in [6.45, 7) is 0.369. The lowest BCUT2D eigenvalue weighted by molar-refractivity contribution is -0.289. The van der Waals surface area contributed by atoms with Crippen molar-refractivity contribution in [1.82, 2.24) is 5.32 Å². The molecule has 7 heteroatoms. The Balaban J connectivity index is 2.21. The Morgan fingerprint density at radius 2 is 1.63 bits per heavy atom. The maximum atomic E-state index is 13.0. The summed E-state index contributed by atoms with van der Waals surface area (Å²) < 4.78 is 62.6. The molecule has 1 aliphatic rings. The van der Waals surface area contributed by atoms with Gasteiger partial charge in [-0.05, 0) is 5.56 Å². The van der Waals surface area contributed by atoms with Crippen molar-refractivity contribution >= 4 is 5.91 Å². The predicted octanol–water partition coefficient (Wildman–Crippen LogP) is 2.94. The van der Waals surface area contributed by atoms with Gasteiger partial charge in [-0.25, -0.2) is 0 Å². The molecule has 1 amide bonds. The van der Waals surface area contributed by atoms with Crippen LogP contribution in [0.25, 0.3) is 0 Å². The van der Waals surface area contributed by atoms with Crippen LogP contribution < -0.4 is 5.32 Å². The van der Waals surface area contributed by atoms with E-state index in [-0.39, 0.29) is 18.2 Å². The molecule has 1 heterocycles. The number of nitrogens with one attached hydrogen (secondary N) is 1. The van der Waals surface area contributed by atoms with Gasteiger partial charge in [0.1, 0.15) is 0 Å². The molecule has 1 aromatic carbocycles. The predicted molar refractivity (Wildman–Crippen MR) is 56.8 cm³/mol. The van der Waals surface area contributed by atoms with Crippen molar-refractivity contribution in [1.29, 1.82) is 0 Å². The second-order valence-corrected chi connectivity index (χ2v) is 4.40. The zero-order valence-electron chi connectivity index (χ0n) is 9.60. The second kappa shape index (κ2) is 4.47. The summed E-state index contributed by atoms with van der Waals surface area (Å²) in [4.78, 5) is 11.0. The highest BCUT2D eigenvalue weighted by molar-refractivity contribution is 5.79. The zero-order valence-corrected chi connectivity index (χ0v) is 9.60. The molecule has 1 aromatic rings. The molecule has 1 N–H and O–H groups in total. The first kappa shape index (κ1) is 13.8. The monoisotopic (exact) mass is 279 g/mol. The highest BCUT2D eigenvalue weighted by atomic mass is 19.4. The van der Waals surface area contributed by atoms with Crippen molar-refractivity contribution in [3.63, 3.8) is 0 Å². The van der Waals surface area contributed by atoms with E-state index in [1.54, 1.807) is 0 Å². The molecule has 0 bridgehead atoms. The minimum Gasteiger partial charge on any atom is -0.355 e. The summed E-state index contributed by atoms with van der Waals surface area (Å²) in [5.74, 6) is -5.20. The third-order valence-electron chi connectivity index (χ3n) is 3.08. The van der Waals surface area contributed by atoms with Gasteiger partial charge in [0.25, 0.3) is 0 Å². The second-order valence-electron chi connectivity index (χ2n) is 4.40. The summed E-state index contributed by atoms with van der Waals surface area (Å²) in [7, 11) is 0. The normalized spacial score (nSPS) is 20.5. The van der Waals surface area contributed by atoms with E-state index in [1.807, 2.05) is 0 Å². The Morgan fingerprint density at radius 1 is 1.05 bits per heavy atom. The molecule has 19 heavy (non-hydrogen) atoms. The average Bonchev–Trinajstić information content (AvgIpc) is 2.74. The van der Waals surface area contributed by atoms with E-state index in [0.717, 1.165) is 12.1 Å². The molecule has 2 rings (SSSR count). The molecule has 0 radical (unpaired) electrons. The summed E-state index contributed by atoms with van der Waals surface area (Å²) in [6, 6.07) is 3.93. The van der Waals surface area contributed by atoms with Gasteiger partial charge in [-0.3, -0.25) is 4.79 Å². The largest absolute Gasteiger partial charge is 0.458 e. The number of hydrogen-bond donors (Lipinski definition) is 1. The van der Waals surface area contributed by atoms with Crippen molar-refractivity contribution in [3.05, 3.63) is 35.4 Å². The summed E-state index contributed by atoms with van der Waals surface area (Å²) in [5, 5.41) is 2.57. The van der Waals surface area contributed by atoms with Crippen molar-refractivity contribution in [2.24, 2.45) is 0 Å². The van der Waals surface area contributed by atoms with E-state index in [2.05, 4.69) is 5.32 Å². The van der Waals surface area contributed by atoms with Crippen LogP contribution in [-0.4, -0.2) is 18.6 Å². The Kier molecular flexibility index (Phi) is 3.24. The molecule has 0 aliphatic carbocycles. The highest BCUT2D eigenvalue weighted by Crippen LogP contribution is 2.44. The van der Waals surface area contributed by atoms with E-state index in [4.69, 9.17) is 0 Å². The number of carbonyl (C=O) groups excluding carboxylic acids is 1. The van der Waals surface area contributed by atoms with Crippen LogP contribution >= 0.6 is 0 Å². The van der Waals surface area contributed by atoms with Crippen LogP contribution in [0, 0.1) is 0 Å². The number of benzene rings is 1. The van der Waals surface area contributed by atoms with E-state index in [9.17, 15) is 26.7 Å². The van der Waals surface area contributed by atoms with Gasteiger partial charge < -0.3 is 5.32 Å². The Hall–Kier alpha value is -1.66. The minimum absolute atomic E-state index is 0.158. The Labute approximate surface area is 105 Å². The van der Waals surface area contributed by atoms with Crippen molar-refractivity contribution in [2.45, 2.75) is 24.4 Å². The lowest BCUT2D eigenvalue weighted by Gasteiger charge is -2.20. The number of carbonyl (C=O) groups is 1. The van der Waals surface area contributed by atoms with Crippen LogP contribution in [0.2, 0.25) is 0 Å². The van der Waals surface area contributed by atoms with Gasteiger partial charge in [-0.2, -0.15) is 22.0 Å². The fraction of sp³-hybridized carbons (Fsp3) is 0.417. The van der Waals surface area contributed by atoms with Crippen LogP contribution in [0.1, 0.15) is 23.5 Å². The third kappa shape index (κ3) is 2.54. The standard InChI is InChI=1S/C12H10F5NO/c13-11(14,12(15,16)17)9-3-1-7(2-4-9)8-5-10(19)18-6-8/h1-4,8H,5-6H2,(H,18,19). The van der Waals surface area contributed by atoms with Crippen molar-refractivity contribution in [3.8, 4) is 0 Å². The van der Waals surface area contributed by atoms with Crippen molar-refractivity contribution < 1.29 is 26.7 Å². The average molecular weight is 279 g/mol. The summed E-state index contributed by atoms with van der Waals surface area (Å²) in [6.07, 6.45) is -5.39. The van der Waals surface area contributed by atoms with Crippen LogP contribution in [0.4, 0.5) is 22.0 Å². The molecule has 0 aromatic heterocycles. The maximum absolute atomic E-state index is 13.0. The lowest BCUT2D eigenvalue weighted by Crippen LogP contribution is -2.33. The molecule has 2 nitrogen and oxygen atoms in total. The van der Waals surface area contributed by atoms with Gasteiger partial charge >= 0.3 is 12.1 Å². The fourth-order valence-electron chi connectivity index (χ4n) is 1.97. The molecule has 104 valence electrons. The van der Waals surface area contributed by atoms with Gasteiger partial charge in [0.15, 0.2) is 0 Å². The number of rotatable bonds is 2. The van der Waals surface area contributed by atoms with E-state index < -0.39 is 17.7 Å². The van der Waals surface area contributed by atoms with Crippen LogP contribution in [0.3, 0.4) is 0 Å². The first-order chi connectivity index (χ1) is 8.72.